The Kier molecular flexibility index (Phi) is 4.94. The summed E-state index contributed by atoms with van der Waals surface area (Å²) in [7, 11) is 2.08. The van der Waals surface area contributed by atoms with Gasteiger partial charge in [-0.3, -0.25) is 9.88 Å². The van der Waals surface area contributed by atoms with Crippen LogP contribution in [0.4, 0.5) is 0 Å². The van der Waals surface area contributed by atoms with E-state index in [0.29, 0.717) is 6.04 Å². The van der Waals surface area contributed by atoms with Gasteiger partial charge in [-0.05, 0) is 44.6 Å². The van der Waals surface area contributed by atoms with Crippen molar-refractivity contribution >= 4 is 0 Å². The molecule has 3 heteroatoms. The van der Waals surface area contributed by atoms with Gasteiger partial charge in [-0.2, -0.15) is 0 Å². The molecule has 2 rings (SSSR count). The number of nitrogens with zero attached hydrogens (tertiary/aromatic N) is 2. The first kappa shape index (κ1) is 14.5. The van der Waals surface area contributed by atoms with Crippen molar-refractivity contribution in [1.82, 2.24) is 15.2 Å². The van der Waals surface area contributed by atoms with Gasteiger partial charge in [-0.15, -0.1) is 0 Å². The zero-order valence-corrected chi connectivity index (χ0v) is 12.5. The summed E-state index contributed by atoms with van der Waals surface area (Å²) in [4.78, 5) is 6.96. The SMILES string of the molecule is CCN(CC)C1(C(NC)c2cccnc2)CCCC1. The fourth-order valence-corrected chi connectivity index (χ4v) is 3.92. The molecule has 0 saturated heterocycles. The van der Waals surface area contributed by atoms with Gasteiger partial charge >= 0.3 is 0 Å². The third-order valence-corrected chi connectivity index (χ3v) is 4.71. The zero-order valence-electron chi connectivity index (χ0n) is 12.5. The number of nitrogens with one attached hydrogen (secondary N) is 1. The van der Waals surface area contributed by atoms with Crippen molar-refractivity contribution in [2.75, 3.05) is 20.1 Å². The van der Waals surface area contributed by atoms with Crippen LogP contribution in [-0.4, -0.2) is 35.6 Å². The van der Waals surface area contributed by atoms with E-state index in [0.717, 1.165) is 13.1 Å². The molecule has 0 spiro atoms. The second-order valence-electron chi connectivity index (χ2n) is 5.49. The van der Waals surface area contributed by atoms with Crippen LogP contribution in [0.3, 0.4) is 0 Å². The molecule has 3 nitrogen and oxygen atoms in total. The largest absolute Gasteiger partial charge is 0.311 e. The van der Waals surface area contributed by atoms with Crippen LogP contribution < -0.4 is 5.32 Å². The molecule has 1 fully saturated rings. The Morgan fingerprint density at radius 3 is 2.47 bits per heavy atom. The number of rotatable bonds is 6. The Hall–Kier alpha value is -0.930. The third-order valence-electron chi connectivity index (χ3n) is 4.71. The highest BCUT2D eigenvalue weighted by atomic mass is 15.2. The van der Waals surface area contributed by atoms with E-state index in [1.807, 2.05) is 18.5 Å². The molecular weight excluding hydrogens is 234 g/mol. The molecule has 1 saturated carbocycles. The topological polar surface area (TPSA) is 28.2 Å². The Morgan fingerprint density at radius 1 is 1.32 bits per heavy atom. The fraction of sp³-hybridized carbons (Fsp3) is 0.688. The fourth-order valence-electron chi connectivity index (χ4n) is 3.92. The normalized spacial score (nSPS) is 19.8. The van der Waals surface area contributed by atoms with E-state index in [9.17, 15) is 0 Å². The van der Waals surface area contributed by atoms with Crippen LogP contribution in [0.25, 0.3) is 0 Å². The molecule has 1 aromatic heterocycles. The Balaban J connectivity index is 2.36. The maximum Gasteiger partial charge on any atom is 0.0520 e. The van der Waals surface area contributed by atoms with Crippen LogP contribution in [0, 0.1) is 0 Å². The molecule has 106 valence electrons. The predicted octanol–water partition coefficient (Wildman–Crippen LogP) is 3.00. The maximum atomic E-state index is 4.31. The van der Waals surface area contributed by atoms with Crippen molar-refractivity contribution < 1.29 is 0 Å². The molecule has 1 N–H and O–H groups in total. The van der Waals surface area contributed by atoms with E-state index in [-0.39, 0.29) is 5.54 Å². The van der Waals surface area contributed by atoms with Crippen LogP contribution >= 0.6 is 0 Å². The van der Waals surface area contributed by atoms with Crippen LogP contribution in [0.5, 0.6) is 0 Å². The summed E-state index contributed by atoms with van der Waals surface area (Å²) >= 11 is 0. The van der Waals surface area contributed by atoms with Crippen molar-refractivity contribution in [3.05, 3.63) is 30.1 Å². The number of pyridine rings is 1. The van der Waals surface area contributed by atoms with Gasteiger partial charge in [-0.1, -0.05) is 32.8 Å². The highest BCUT2D eigenvalue weighted by molar-refractivity contribution is 5.21. The standard InChI is InChI=1S/C16H27N3/c1-4-19(5-2)16(10-6-7-11-16)15(17-3)14-9-8-12-18-13-14/h8-9,12-13,15,17H,4-7,10-11H2,1-3H3. The minimum Gasteiger partial charge on any atom is -0.311 e. The second-order valence-corrected chi connectivity index (χ2v) is 5.49. The lowest BCUT2D eigenvalue weighted by molar-refractivity contribution is 0.0654. The lowest BCUT2D eigenvalue weighted by Crippen LogP contribution is -2.54. The third kappa shape index (κ3) is 2.67. The van der Waals surface area contributed by atoms with Crippen molar-refractivity contribution in [3.8, 4) is 0 Å². The molecule has 0 radical (unpaired) electrons. The van der Waals surface area contributed by atoms with Crippen LogP contribution in [0.1, 0.15) is 51.1 Å². The first-order chi connectivity index (χ1) is 9.28. The molecule has 1 aliphatic carbocycles. The van der Waals surface area contributed by atoms with Crippen LogP contribution in [0.2, 0.25) is 0 Å². The highest BCUT2D eigenvalue weighted by Crippen LogP contribution is 2.44. The van der Waals surface area contributed by atoms with E-state index in [1.165, 1.54) is 31.2 Å². The minimum atomic E-state index is 0.265. The predicted molar refractivity (Wildman–Crippen MR) is 80.2 cm³/mol. The molecule has 1 aromatic rings. The monoisotopic (exact) mass is 261 g/mol. The van der Waals surface area contributed by atoms with E-state index in [1.54, 1.807) is 0 Å². The Morgan fingerprint density at radius 2 is 2.00 bits per heavy atom. The van der Waals surface area contributed by atoms with Crippen LogP contribution in [-0.2, 0) is 0 Å². The van der Waals surface area contributed by atoms with Crippen LogP contribution in [0.15, 0.2) is 24.5 Å². The molecule has 1 aliphatic rings. The Labute approximate surface area is 117 Å². The van der Waals surface area contributed by atoms with Crippen molar-refractivity contribution in [1.29, 1.82) is 0 Å². The van der Waals surface area contributed by atoms with Gasteiger partial charge in [0.15, 0.2) is 0 Å². The van der Waals surface area contributed by atoms with Crippen molar-refractivity contribution in [2.24, 2.45) is 0 Å². The smallest absolute Gasteiger partial charge is 0.0520 e. The molecular formula is C16H27N3. The van der Waals surface area contributed by atoms with Gasteiger partial charge in [0.1, 0.15) is 0 Å². The summed E-state index contributed by atoms with van der Waals surface area (Å²) in [5, 5.41) is 3.57. The van der Waals surface area contributed by atoms with Crippen molar-refractivity contribution in [3.63, 3.8) is 0 Å². The average molecular weight is 261 g/mol. The number of aromatic nitrogens is 1. The number of likely N-dealkylation sites (N-methyl/N-ethyl adjacent to an activating group) is 2. The molecule has 0 aromatic carbocycles. The van der Waals surface area contributed by atoms with Crippen molar-refractivity contribution in [2.45, 2.75) is 51.1 Å². The van der Waals surface area contributed by atoms with Gasteiger partial charge in [0.05, 0.1) is 6.04 Å². The van der Waals surface area contributed by atoms with Gasteiger partial charge < -0.3 is 5.32 Å². The first-order valence-corrected chi connectivity index (χ1v) is 7.60. The molecule has 0 bridgehead atoms. The zero-order chi connectivity index (χ0) is 13.7. The van der Waals surface area contributed by atoms with E-state index in [4.69, 9.17) is 0 Å². The van der Waals surface area contributed by atoms with E-state index < -0.39 is 0 Å². The highest BCUT2D eigenvalue weighted by Gasteiger charge is 2.44. The molecule has 1 heterocycles. The molecule has 0 amide bonds. The summed E-state index contributed by atoms with van der Waals surface area (Å²) in [6.07, 6.45) is 9.13. The maximum absolute atomic E-state index is 4.31. The first-order valence-electron chi connectivity index (χ1n) is 7.60. The lowest BCUT2D eigenvalue weighted by atomic mass is 9.82. The molecule has 0 aliphatic heterocycles. The van der Waals surface area contributed by atoms with Gasteiger partial charge in [-0.25, -0.2) is 0 Å². The van der Waals surface area contributed by atoms with Gasteiger partial charge in [0.25, 0.3) is 0 Å². The molecule has 1 atom stereocenters. The summed E-state index contributed by atoms with van der Waals surface area (Å²) in [5.41, 5.74) is 1.58. The number of hydrogen-bond acceptors (Lipinski definition) is 3. The van der Waals surface area contributed by atoms with E-state index in [2.05, 4.69) is 42.2 Å². The number of hydrogen-bond donors (Lipinski definition) is 1. The minimum absolute atomic E-state index is 0.265. The lowest BCUT2D eigenvalue weighted by Gasteiger charge is -2.46. The summed E-state index contributed by atoms with van der Waals surface area (Å²) in [6, 6.07) is 4.63. The van der Waals surface area contributed by atoms with Gasteiger partial charge in [0.2, 0.25) is 0 Å². The van der Waals surface area contributed by atoms with Gasteiger partial charge in [0, 0.05) is 17.9 Å². The average Bonchev–Trinajstić information content (AvgIpc) is 2.92. The summed E-state index contributed by atoms with van der Waals surface area (Å²) < 4.78 is 0. The summed E-state index contributed by atoms with van der Waals surface area (Å²) in [6.45, 7) is 6.79. The Bertz CT molecular complexity index is 367. The molecule has 1 unspecified atom stereocenters. The second kappa shape index (κ2) is 6.49. The summed E-state index contributed by atoms with van der Waals surface area (Å²) in [5.74, 6) is 0. The molecule has 19 heavy (non-hydrogen) atoms. The van der Waals surface area contributed by atoms with E-state index >= 15 is 0 Å². The quantitative estimate of drug-likeness (QED) is 0.853.